The number of benzene rings is 1. The number of nitrogens with zero attached hydrogens (tertiary/aromatic N) is 2. The molecule has 0 N–H and O–H groups in total. The van der Waals surface area contributed by atoms with E-state index in [1.165, 1.54) is 24.0 Å². The van der Waals surface area contributed by atoms with E-state index < -0.39 is 0 Å². The van der Waals surface area contributed by atoms with Crippen molar-refractivity contribution in [3.8, 4) is 0 Å². The molecular weight excluding hydrogens is 336 g/mol. The van der Waals surface area contributed by atoms with Crippen molar-refractivity contribution in [3.05, 3.63) is 62.5 Å². The molecule has 2 aromatic heterocycles. The third kappa shape index (κ3) is 2.87. The zero-order chi connectivity index (χ0) is 17.4. The minimum atomic E-state index is -0.364. The highest BCUT2D eigenvalue weighted by Crippen LogP contribution is 2.33. The summed E-state index contributed by atoms with van der Waals surface area (Å²) in [5, 5.41) is 0.799. The Bertz CT molecular complexity index is 1000. The third-order valence-electron chi connectivity index (χ3n) is 4.67. The fourth-order valence-electron chi connectivity index (χ4n) is 3.35. The van der Waals surface area contributed by atoms with Gasteiger partial charge >= 0.3 is 5.97 Å². The lowest BCUT2D eigenvalue weighted by molar-refractivity contribution is 0.0600. The first kappa shape index (κ1) is 16.0. The van der Waals surface area contributed by atoms with Gasteiger partial charge < -0.3 is 4.74 Å². The first-order valence-electron chi connectivity index (χ1n) is 8.34. The number of thiophene rings is 1. The molecule has 3 aromatic rings. The van der Waals surface area contributed by atoms with Crippen LogP contribution in [0.3, 0.4) is 0 Å². The second-order valence-electron chi connectivity index (χ2n) is 6.26. The molecule has 0 amide bonds. The Hall–Kier alpha value is -2.47. The van der Waals surface area contributed by atoms with Crippen LogP contribution in [0.4, 0.5) is 0 Å². The number of aromatic nitrogens is 2. The summed E-state index contributed by atoms with van der Waals surface area (Å²) in [7, 11) is 1.36. The second-order valence-corrected chi connectivity index (χ2v) is 7.34. The number of ether oxygens (including phenoxy) is 1. The lowest BCUT2D eigenvalue weighted by atomic mass is 9.97. The topological polar surface area (TPSA) is 61.2 Å². The molecule has 0 atom stereocenters. The van der Waals surface area contributed by atoms with Gasteiger partial charge in [-0.25, -0.2) is 9.78 Å². The number of aryl methyl sites for hydroxylation is 2. The molecule has 0 unspecified atom stereocenters. The molecule has 6 heteroatoms. The van der Waals surface area contributed by atoms with E-state index in [1.54, 1.807) is 34.4 Å². The van der Waals surface area contributed by atoms with Crippen LogP contribution < -0.4 is 5.56 Å². The van der Waals surface area contributed by atoms with E-state index in [0.29, 0.717) is 12.1 Å². The molecule has 0 spiro atoms. The number of rotatable bonds is 3. The van der Waals surface area contributed by atoms with E-state index in [9.17, 15) is 9.59 Å². The molecule has 1 aliphatic carbocycles. The summed E-state index contributed by atoms with van der Waals surface area (Å²) in [6.07, 6.45) is 6.00. The fourth-order valence-corrected chi connectivity index (χ4v) is 4.57. The van der Waals surface area contributed by atoms with Crippen LogP contribution >= 0.6 is 11.3 Å². The molecule has 5 nitrogen and oxygen atoms in total. The lowest BCUT2D eigenvalue weighted by Crippen LogP contribution is -2.21. The largest absolute Gasteiger partial charge is 0.465 e. The van der Waals surface area contributed by atoms with E-state index in [2.05, 4.69) is 4.98 Å². The third-order valence-corrected chi connectivity index (χ3v) is 5.87. The summed E-state index contributed by atoms with van der Waals surface area (Å²) in [5.41, 5.74) is 2.68. The quantitative estimate of drug-likeness (QED) is 0.678. The minimum Gasteiger partial charge on any atom is -0.465 e. The Labute approximate surface area is 148 Å². The van der Waals surface area contributed by atoms with Gasteiger partial charge in [0.15, 0.2) is 0 Å². The Balaban J connectivity index is 1.69. The molecule has 0 saturated carbocycles. The van der Waals surface area contributed by atoms with Crippen molar-refractivity contribution in [3.63, 3.8) is 0 Å². The van der Waals surface area contributed by atoms with Crippen molar-refractivity contribution >= 4 is 27.5 Å². The molecule has 0 aliphatic heterocycles. The number of hydrogen-bond acceptors (Lipinski definition) is 5. The zero-order valence-electron chi connectivity index (χ0n) is 13.9. The van der Waals surface area contributed by atoms with Crippen molar-refractivity contribution in [1.82, 2.24) is 9.55 Å². The van der Waals surface area contributed by atoms with Gasteiger partial charge in [0.05, 0.1) is 30.9 Å². The fraction of sp³-hybridized carbons (Fsp3) is 0.316. The van der Waals surface area contributed by atoms with Crippen LogP contribution in [-0.4, -0.2) is 22.6 Å². The zero-order valence-corrected chi connectivity index (χ0v) is 14.8. The highest BCUT2D eigenvalue weighted by atomic mass is 32.1. The van der Waals surface area contributed by atoms with E-state index in [4.69, 9.17) is 4.74 Å². The maximum Gasteiger partial charge on any atom is 0.337 e. The average molecular weight is 354 g/mol. The maximum absolute atomic E-state index is 12.9. The molecule has 0 fully saturated rings. The van der Waals surface area contributed by atoms with Gasteiger partial charge in [0.2, 0.25) is 0 Å². The molecule has 0 radical (unpaired) electrons. The van der Waals surface area contributed by atoms with Gasteiger partial charge in [-0.2, -0.15) is 0 Å². The highest BCUT2D eigenvalue weighted by Gasteiger charge is 2.20. The predicted molar refractivity (Wildman–Crippen MR) is 97.4 cm³/mol. The number of fused-ring (bicyclic) bond motifs is 3. The smallest absolute Gasteiger partial charge is 0.337 e. The first-order valence-corrected chi connectivity index (χ1v) is 9.16. The van der Waals surface area contributed by atoms with Crippen molar-refractivity contribution in [2.45, 2.75) is 32.2 Å². The average Bonchev–Trinajstić information content (AvgIpc) is 3.03. The second kappa shape index (κ2) is 6.44. The van der Waals surface area contributed by atoms with Crippen LogP contribution in [0.25, 0.3) is 10.2 Å². The van der Waals surface area contributed by atoms with Crippen molar-refractivity contribution in [1.29, 1.82) is 0 Å². The number of carbonyl (C=O) groups excluding carboxylic acids is 1. The first-order chi connectivity index (χ1) is 12.2. The Kier molecular flexibility index (Phi) is 4.13. The lowest BCUT2D eigenvalue weighted by Gasteiger charge is -2.10. The van der Waals surface area contributed by atoms with Crippen LogP contribution in [0.15, 0.2) is 35.4 Å². The van der Waals surface area contributed by atoms with Gasteiger partial charge in [-0.05, 0) is 48.9 Å². The van der Waals surface area contributed by atoms with Crippen LogP contribution in [0, 0.1) is 0 Å². The number of esters is 1. The Morgan fingerprint density at radius 2 is 2.00 bits per heavy atom. The number of carbonyl (C=O) groups is 1. The van der Waals surface area contributed by atoms with Crippen LogP contribution in [0.2, 0.25) is 0 Å². The molecule has 128 valence electrons. The van der Waals surface area contributed by atoms with Gasteiger partial charge in [0.25, 0.3) is 5.56 Å². The summed E-state index contributed by atoms with van der Waals surface area (Å²) in [6, 6.07) is 7.10. The van der Waals surface area contributed by atoms with E-state index in [1.807, 2.05) is 12.1 Å². The van der Waals surface area contributed by atoms with Gasteiger partial charge in [0, 0.05) is 4.88 Å². The SMILES string of the molecule is COC(=O)c1ccc(Cn2cnc3sc4c(c3c2=O)CCCC4)cc1. The molecule has 1 aromatic carbocycles. The van der Waals surface area contributed by atoms with Crippen LogP contribution in [0.1, 0.15) is 39.2 Å². The molecular formula is C19H18N2O3S. The molecule has 25 heavy (non-hydrogen) atoms. The molecule has 0 bridgehead atoms. The molecule has 0 saturated heterocycles. The Morgan fingerprint density at radius 1 is 1.24 bits per heavy atom. The number of hydrogen-bond donors (Lipinski definition) is 0. The standard InChI is InChI=1S/C19H18N2O3S/c1-24-19(23)13-8-6-12(7-9-13)10-21-11-20-17-16(18(21)22)14-4-2-3-5-15(14)25-17/h6-9,11H,2-5,10H2,1H3. The van der Waals surface area contributed by atoms with E-state index in [0.717, 1.165) is 35.0 Å². The number of methoxy groups -OCH3 is 1. The monoisotopic (exact) mass is 354 g/mol. The van der Waals surface area contributed by atoms with Gasteiger partial charge in [-0.1, -0.05) is 12.1 Å². The minimum absolute atomic E-state index is 0.0291. The predicted octanol–water partition coefficient (Wildman–Crippen LogP) is 3.17. The maximum atomic E-state index is 12.9. The van der Waals surface area contributed by atoms with Crippen molar-refractivity contribution in [2.75, 3.05) is 7.11 Å². The van der Waals surface area contributed by atoms with Gasteiger partial charge in [-0.3, -0.25) is 9.36 Å². The Morgan fingerprint density at radius 3 is 2.76 bits per heavy atom. The molecule has 1 aliphatic rings. The van der Waals surface area contributed by atoms with Crippen LogP contribution in [-0.2, 0) is 24.1 Å². The molecule has 4 rings (SSSR count). The summed E-state index contributed by atoms with van der Waals surface area (Å²) >= 11 is 1.66. The highest BCUT2D eigenvalue weighted by molar-refractivity contribution is 7.18. The van der Waals surface area contributed by atoms with Gasteiger partial charge in [0.1, 0.15) is 4.83 Å². The van der Waals surface area contributed by atoms with E-state index >= 15 is 0 Å². The van der Waals surface area contributed by atoms with Crippen molar-refractivity contribution < 1.29 is 9.53 Å². The molecule has 2 heterocycles. The van der Waals surface area contributed by atoms with E-state index in [-0.39, 0.29) is 11.5 Å². The summed E-state index contributed by atoms with van der Waals surface area (Å²) < 4.78 is 6.35. The summed E-state index contributed by atoms with van der Waals surface area (Å²) in [6.45, 7) is 0.438. The normalized spacial score (nSPS) is 13.6. The van der Waals surface area contributed by atoms with Gasteiger partial charge in [-0.15, -0.1) is 11.3 Å². The summed E-state index contributed by atoms with van der Waals surface area (Å²) in [5.74, 6) is -0.364. The van der Waals surface area contributed by atoms with Crippen molar-refractivity contribution in [2.24, 2.45) is 0 Å². The van der Waals surface area contributed by atoms with Crippen LogP contribution in [0.5, 0.6) is 0 Å². The summed E-state index contributed by atoms with van der Waals surface area (Å²) in [4.78, 5) is 31.1.